The molecular formula is C18H22N2O3. The van der Waals surface area contributed by atoms with Crippen LogP contribution in [-0.4, -0.2) is 47.1 Å². The third-order valence-corrected chi connectivity index (χ3v) is 4.37. The van der Waals surface area contributed by atoms with E-state index in [0.29, 0.717) is 18.2 Å². The van der Waals surface area contributed by atoms with E-state index in [2.05, 4.69) is 5.32 Å². The zero-order valence-electron chi connectivity index (χ0n) is 13.1. The quantitative estimate of drug-likeness (QED) is 0.811. The number of hydrogen-bond acceptors (Lipinski definition) is 3. The Labute approximate surface area is 136 Å². The van der Waals surface area contributed by atoms with Gasteiger partial charge in [-0.1, -0.05) is 12.1 Å². The van der Waals surface area contributed by atoms with E-state index in [1.54, 1.807) is 23.1 Å². The van der Waals surface area contributed by atoms with Crippen molar-refractivity contribution in [1.29, 1.82) is 0 Å². The van der Waals surface area contributed by atoms with Crippen molar-refractivity contribution in [2.24, 2.45) is 0 Å². The van der Waals surface area contributed by atoms with Gasteiger partial charge in [-0.15, -0.1) is 0 Å². The van der Waals surface area contributed by atoms with Crippen LogP contribution in [0, 0.1) is 0 Å². The molecule has 2 N–H and O–H groups in total. The van der Waals surface area contributed by atoms with E-state index < -0.39 is 0 Å². The van der Waals surface area contributed by atoms with Crippen molar-refractivity contribution < 1.29 is 14.7 Å². The third-order valence-electron chi connectivity index (χ3n) is 4.37. The number of rotatable bonds is 5. The Morgan fingerprint density at radius 1 is 1.22 bits per heavy atom. The fourth-order valence-electron chi connectivity index (χ4n) is 2.82. The first kappa shape index (κ1) is 15.7. The molecule has 1 atom stereocenters. The minimum atomic E-state index is -0.0721. The molecule has 1 aliphatic heterocycles. The van der Waals surface area contributed by atoms with Gasteiger partial charge in [0.15, 0.2) is 0 Å². The molecule has 1 saturated carbocycles. The van der Waals surface area contributed by atoms with Crippen LogP contribution in [0.3, 0.4) is 0 Å². The smallest absolute Gasteiger partial charge is 0.251 e. The van der Waals surface area contributed by atoms with Crippen LogP contribution in [0.1, 0.15) is 41.6 Å². The van der Waals surface area contributed by atoms with Gasteiger partial charge in [0.25, 0.3) is 5.91 Å². The van der Waals surface area contributed by atoms with Gasteiger partial charge >= 0.3 is 0 Å². The van der Waals surface area contributed by atoms with Crippen LogP contribution in [0.25, 0.3) is 6.08 Å². The van der Waals surface area contributed by atoms with Gasteiger partial charge in [0.2, 0.25) is 5.91 Å². The summed E-state index contributed by atoms with van der Waals surface area (Å²) in [5.41, 5.74) is 1.52. The van der Waals surface area contributed by atoms with Crippen LogP contribution in [0.15, 0.2) is 30.3 Å². The molecule has 0 unspecified atom stereocenters. The molecular weight excluding hydrogens is 292 g/mol. The zero-order valence-corrected chi connectivity index (χ0v) is 13.1. The van der Waals surface area contributed by atoms with Crippen LogP contribution >= 0.6 is 0 Å². The van der Waals surface area contributed by atoms with E-state index in [0.717, 1.165) is 31.2 Å². The second-order valence-electron chi connectivity index (χ2n) is 6.21. The average Bonchev–Trinajstić information content (AvgIpc) is 3.25. The van der Waals surface area contributed by atoms with E-state index in [-0.39, 0.29) is 24.5 Å². The van der Waals surface area contributed by atoms with Gasteiger partial charge in [0, 0.05) is 24.2 Å². The molecule has 1 aliphatic carbocycles. The van der Waals surface area contributed by atoms with Gasteiger partial charge in [-0.05, 0) is 49.5 Å². The maximum Gasteiger partial charge on any atom is 0.251 e. The highest BCUT2D eigenvalue weighted by Gasteiger charge is 2.26. The molecule has 2 fully saturated rings. The summed E-state index contributed by atoms with van der Waals surface area (Å²) in [5.74, 6) is -0.112. The number of amides is 2. The predicted octanol–water partition coefficient (Wildman–Crippen LogP) is 1.58. The SMILES string of the molecule is O=C(NC1CC1)c1ccc(/C=C/C(=O)N2CCC[C@@H]2CO)cc1. The second-order valence-corrected chi connectivity index (χ2v) is 6.21. The molecule has 5 heteroatoms. The molecule has 1 heterocycles. The topological polar surface area (TPSA) is 69.6 Å². The van der Waals surface area contributed by atoms with Crippen molar-refractivity contribution in [3.8, 4) is 0 Å². The summed E-state index contributed by atoms with van der Waals surface area (Å²) in [6, 6.07) is 7.50. The number of hydrogen-bond donors (Lipinski definition) is 2. The van der Waals surface area contributed by atoms with Crippen molar-refractivity contribution in [1.82, 2.24) is 10.2 Å². The lowest BCUT2D eigenvalue weighted by Gasteiger charge is -2.21. The lowest BCUT2D eigenvalue weighted by atomic mass is 10.1. The van der Waals surface area contributed by atoms with Crippen molar-refractivity contribution in [2.75, 3.05) is 13.2 Å². The van der Waals surface area contributed by atoms with E-state index in [9.17, 15) is 14.7 Å². The number of nitrogens with zero attached hydrogens (tertiary/aromatic N) is 1. The van der Waals surface area contributed by atoms with Crippen LogP contribution in [0.5, 0.6) is 0 Å². The van der Waals surface area contributed by atoms with Crippen LogP contribution < -0.4 is 5.32 Å². The van der Waals surface area contributed by atoms with Gasteiger partial charge in [-0.25, -0.2) is 0 Å². The maximum atomic E-state index is 12.2. The van der Waals surface area contributed by atoms with Crippen molar-refractivity contribution in [2.45, 2.75) is 37.8 Å². The monoisotopic (exact) mass is 314 g/mol. The molecule has 23 heavy (non-hydrogen) atoms. The fraction of sp³-hybridized carbons (Fsp3) is 0.444. The highest BCUT2D eigenvalue weighted by Crippen LogP contribution is 2.20. The molecule has 0 aromatic heterocycles. The molecule has 1 aromatic rings. The summed E-state index contributed by atoms with van der Waals surface area (Å²) < 4.78 is 0. The van der Waals surface area contributed by atoms with Gasteiger partial charge in [-0.2, -0.15) is 0 Å². The first-order valence-electron chi connectivity index (χ1n) is 8.18. The fourth-order valence-corrected chi connectivity index (χ4v) is 2.82. The standard InChI is InChI=1S/C18H22N2O3/c21-12-16-2-1-11-20(16)17(22)10-5-13-3-6-14(7-4-13)18(23)19-15-8-9-15/h3-7,10,15-16,21H,1-2,8-9,11-12H2,(H,19,23)/b10-5+/t16-/m1/s1. The Bertz CT molecular complexity index is 605. The van der Waals surface area contributed by atoms with Crippen molar-refractivity contribution in [3.05, 3.63) is 41.5 Å². The predicted molar refractivity (Wildman–Crippen MR) is 87.8 cm³/mol. The number of likely N-dealkylation sites (tertiary alicyclic amines) is 1. The minimum Gasteiger partial charge on any atom is -0.394 e. The largest absolute Gasteiger partial charge is 0.394 e. The molecule has 0 bridgehead atoms. The zero-order chi connectivity index (χ0) is 16.2. The molecule has 3 rings (SSSR count). The first-order chi connectivity index (χ1) is 11.2. The maximum absolute atomic E-state index is 12.2. The second kappa shape index (κ2) is 6.96. The summed E-state index contributed by atoms with van der Waals surface area (Å²) in [5, 5.41) is 12.2. The van der Waals surface area contributed by atoms with E-state index in [4.69, 9.17) is 0 Å². The number of benzene rings is 1. The normalized spacial score (nSPS) is 20.9. The van der Waals surface area contributed by atoms with Gasteiger partial charge in [-0.3, -0.25) is 9.59 Å². The number of carbonyl (C=O) groups is 2. The Morgan fingerprint density at radius 3 is 2.61 bits per heavy atom. The van der Waals surface area contributed by atoms with Gasteiger partial charge in [0.05, 0.1) is 12.6 Å². The summed E-state index contributed by atoms with van der Waals surface area (Å²) >= 11 is 0. The molecule has 0 spiro atoms. The Hall–Kier alpha value is -2.14. The highest BCUT2D eigenvalue weighted by atomic mass is 16.3. The molecule has 2 amide bonds. The molecule has 5 nitrogen and oxygen atoms in total. The van der Waals surface area contributed by atoms with Gasteiger partial charge < -0.3 is 15.3 Å². The Kier molecular flexibility index (Phi) is 4.76. The highest BCUT2D eigenvalue weighted by molar-refractivity contribution is 5.95. The average molecular weight is 314 g/mol. The van der Waals surface area contributed by atoms with Gasteiger partial charge in [0.1, 0.15) is 0 Å². The number of aliphatic hydroxyl groups is 1. The summed E-state index contributed by atoms with van der Waals surface area (Å²) in [7, 11) is 0. The van der Waals surface area contributed by atoms with E-state index in [1.165, 1.54) is 6.08 Å². The van der Waals surface area contributed by atoms with Crippen LogP contribution in [0.2, 0.25) is 0 Å². The molecule has 1 saturated heterocycles. The van der Waals surface area contributed by atoms with E-state index in [1.807, 2.05) is 12.1 Å². The third kappa shape index (κ3) is 3.99. The summed E-state index contributed by atoms with van der Waals surface area (Å²) in [6.07, 6.45) is 7.22. The van der Waals surface area contributed by atoms with Crippen molar-refractivity contribution in [3.63, 3.8) is 0 Å². The van der Waals surface area contributed by atoms with Crippen LogP contribution in [-0.2, 0) is 4.79 Å². The number of carbonyl (C=O) groups excluding carboxylic acids is 2. The van der Waals surface area contributed by atoms with Crippen LogP contribution in [0.4, 0.5) is 0 Å². The first-order valence-corrected chi connectivity index (χ1v) is 8.18. The molecule has 2 aliphatic rings. The lowest BCUT2D eigenvalue weighted by Crippen LogP contribution is -2.36. The Morgan fingerprint density at radius 2 is 1.96 bits per heavy atom. The summed E-state index contributed by atoms with van der Waals surface area (Å²) in [6.45, 7) is 0.721. The summed E-state index contributed by atoms with van der Waals surface area (Å²) in [4.78, 5) is 25.8. The van der Waals surface area contributed by atoms with E-state index >= 15 is 0 Å². The Balaban J connectivity index is 1.58. The molecule has 122 valence electrons. The number of aliphatic hydroxyl groups excluding tert-OH is 1. The minimum absolute atomic E-state index is 0.0182. The molecule has 0 radical (unpaired) electrons. The molecule has 1 aromatic carbocycles. The lowest BCUT2D eigenvalue weighted by molar-refractivity contribution is -0.127. The van der Waals surface area contributed by atoms with Crippen molar-refractivity contribution >= 4 is 17.9 Å². The number of nitrogens with one attached hydrogen (secondary N) is 1.